The lowest BCUT2D eigenvalue weighted by Crippen LogP contribution is -2.44. The number of aliphatic imine (C=N–C) groups is 1. The molecule has 0 spiro atoms. The number of anilines is 1. The topological polar surface area (TPSA) is 75.7 Å². The Morgan fingerprint density at radius 1 is 1.13 bits per heavy atom. The van der Waals surface area contributed by atoms with Crippen molar-refractivity contribution < 1.29 is 18.0 Å². The first-order valence-electron chi connectivity index (χ1n) is 9.15. The van der Waals surface area contributed by atoms with Gasteiger partial charge in [0.1, 0.15) is 0 Å². The number of alkyl halides is 3. The molecule has 1 aliphatic heterocycles. The van der Waals surface area contributed by atoms with Crippen LogP contribution in [-0.4, -0.2) is 23.2 Å². The summed E-state index contributed by atoms with van der Waals surface area (Å²) in [7, 11) is 0. The molecule has 6 nitrogen and oxygen atoms in total. The van der Waals surface area contributed by atoms with E-state index >= 15 is 0 Å². The number of carbonyl (C=O) groups is 1. The van der Waals surface area contributed by atoms with Crippen LogP contribution in [-0.2, 0) is 12.7 Å². The van der Waals surface area contributed by atoms with Gasteiger partial charge in [-0.1, -0.05) is 18.2 Å². The van der Waals surface area contributed by atoms with Crippen molar-refractivity contribution in [1.29, 1.82) is 0 Å². The summed E-state index contributed by atoms with van der Waals surface area (Å²) in [5, 5.41) is 1.48. The lowest BCUT2D eigenvalue weighted by Gasteiger charge is -2.29. The zero-order valence-electron chi connectivity index (χ0n) is 15.7. The fourth-order valence-electron chi connectivity index (χ4n) is 3.24. The Hall–Kier alpha value is -3.59. The average molecular weight is 413 g/mol. The standard InChI is InChI=1S/C21H18F3N5O/c22-21(23,24)16-10-17-19(11-18(16)28-8-6-14(12-25)13-28)29(9-7-26-17)27-20(30)15-4-2-1-3-5-15/h1-8,10-11,13H,9,12,25H2,(H,27,30). The molecule has 1 aliphatic rings. The van der Waals surface area contributed by atoms with Crippen LogP contribution in [0.1, 0.15) is 21.5 Å². The first-order chi connectivity index (χ1) is 14.4. The van der Waals surface area contributed by atoms with Crippen LogP contribution in [0.4, 0.5) is 24.5 Å². The molecule has 4 rings (SSSR count). The number of halogens is 3. The smallest absolute Gasteiger partial charge is 0.326 e. The van der Waals surface area contributed by atoms with Gasteiger partial charge in [0.05, 0.1) is 29.2 Å². The summed E-state index contributed by atoms with van der Waals surface area (Å²) in [6, 6.07) is 12.6. The van der Waals surface area contributed by atoms with Crippen molar-refractivity contribution in [3.8, 4) is 5.69 Å². The molecule has 0 saturated carbocycles. The number of nitrogens with one attached hydrogen (secondary N) is 1. The van der Waals surface area contributed by atoms with Crippen LogP contribution in [0, 0.1) is 0 Å². The van der Waals surface area contributed by atoms with Gasteiger partial charge in [-0.05, 0) is 35.9 Å². The maximum atomic E-state index is 13.7. The Bertz CT molecular complexity index is 1110. The molecule has 154 valence electrons. The first kappa shape index (κ1) is 19.7. The van der Waals surface area contributed by atoms with Gasteiger partial charge in [0, 0.05) is 30.7 Å². The minimum absolute atomic E-state index is 0.0722. The Labute approximate surface area is 170 Å². The van der Waals surface area contributed by atoms with E-state index in [-0.39, 0.29) is 30.4 Å². The molecule has 2 aromatic carbocycles. The quantitative estimate of drug-likeness (QED) is 0.683. The van der Waals surface area contributed by atoms with Gasteiger partial charge in [-0.2, -0.15) is 13.2 Å². The summed E-state index contributed by atoms with van der Waals surface area (Å²) in [5.74, 6) is -0.371. The maximum Gasteiger partial charge on any atom is 0.418 e. The Morgan fingerprint density at radius 2 is 1.90 bits per heavy atom. The van der Waals surface area contributed by atoms with Gasteiger partial charge in [0.15, 0.2) is 0 Å². The highest BCUT2D eigenvalue weighted by Gasteiger charge is 2.36. The van der Waals surface area contributed by atoms with Crippen molar-refractivity contribution in [1.82, 2.24) is 9.99 Å². The van der Waals surface area contributed by atoms with Gasteiger partial charge in [-0.3, -0.25) is 20.2 Å². The number of carbonyl (C=O) groups excluding carboxylic acids is 1. The summed E-state index contributed by atoms with van der Waals surface area (Å²) in [6.45, 7) is 0.430. The van der Waals surface area contributed by atoms with Crippen LogP contribution in [0.5, 0.6) is 0 Å². The summed E-state index contributed by atoms with van der Waals surface area (Å²) < 4.78 is 42.6. The van der Waals surface area contributed by atoms with Crippen molar-refractivity contribution >= 4 is 23.5 Å². The van der Waals surface area contributed by atoms with Crippen molar-refractivity contribution in [2.45, 2.75) is 12.7 Å². The third kappa shape index (κ3) is 3.79. The fourth-order valence-corrected chi connectivity index (χ4v) is 3.24. The highest BCUT2D eigenvalue weighted by Crippen LogP contribution is 2.41. The summed E-state index contributed by atoms with van der Waals surface area (Å²) in [4.78, 5) is 16.7. The second-order valence-corrected chi connectivity index (χ2v) is 6.72. The number of nitrogens with zero attached hydrogens (tertiary/aromatic N) is 3. The number of amides is 1. The molecular weight excluding hydrogens is 395 g/mol. The highest BCUT2D eigenvalue weighted by atomic mass is 19.4. The molecule has 0 unspecified atom stereocenters. The van der Waals surface area contributed by atoms with E-state index in [0.29, 0.717) is 16.8 Å². The minimum atomic E-state index is -4.58. The second kappa shape index (κ2) is 7.68. The zero-order chi connectivity index (χ0) is 21.3. The summed E-state index contributed by atoms with van der Waals surface area (Å²) >= 11 is 0. The van der Waals surface area contributed by atoms with Crippen molar-refractivity contribution in [2.24, 2.45) is 10.7 Å². The first-order valence-corrected chi connectivity index (χ1v) is 9.15. The van der Waals surface area contributed by atoms with E-state index in [9.17, 15) is 18.0 Å². The monoisotopic (exact) mass is 413 g/mol. The van der Waals surface area contributed by atoms with Gasteiger partial charge in [-0.15, -0.1) is 0 Å². The predicted molar refractivity (Wildman–Crippen MR) is 108 cm³/mol. The number of aromatic nitrogens is 1. The molecule has 0 fully saturated rings. The highest BCUT2D eigenvalue weighted by molar-refractivity contribution is 5.96. The molecule has 0 atom stereocenters. The number of nitrogens with two attached hydrogens (primary N) is 1. The van der Waals surface area contributed by atoms with E-state index in [2.05, 4.69) is 10.4 Å². The normalized spacial score (nSPS) is 13.3. The Kier molecular flexibility index (Phi) is 5.04. The molecule has 3 N–H and O–H groups in total. The van der Waals surface area contributed by atoms with E-state index in [1.165, 1.54) is 28.1 Å². The lowest BCUT2D eigenvalue weighted by molar-refractivity contribution is -0.137. The van der Waals surface area contributed by atoms with Gasteiger partial charge in [0.2, 0.25) is 0 Å². The maximum absolute atomic E-state index is 13.7. The van der Waals surface area contributed by atoms with Crippen molar-refractivity contribution in [2.75, 3.05) is 11.6 Å². The molecule has 2 heterocycles. The minimum Gasteiger partial charge on any atom is -0.326 e. The summed E-state index contributed by atoms with van der Waals surface area (Å²) in [6.07, 6.45) is -0.0493. The van der Waals surface area contributed by atoms with Gasteiger partial charge < -0.3 is 10.3 Å². The number of hydrogen-bond acceptors (Lipinski definition) is 4. The van der Waals surface area contributed by atoms with Gasteiger partial charge in [0.25, 0.3) is 5.91 Å². The average Bonchev–Trinajstić information content (AvgIpc) is 3.22. The fraction of sp³-hybridized carbons (Fsp3) is 0.143. The van der Waals surface area contributed by atoms with Gasteiger partial charge in [-0.25, -0.2) is 0 Å². The van der Waals surface area contributed by atoms with Crippen LogP contribution in [0.2, 0.25) is 0 Å². The number of benzene rings is 2. The molecule has 9 heteroatoms. The van der Waals surface area contributed by atoms with Crippen molar-refractivity contribution in [3.63, 3.8) is 0 Å². The largest absolute Gasteiger partial charge is 0.418 e. The third-order valence-corrected chi connectivity index (χ3v) is 4.72. The van der Waals surface area contributed by atoms with Crippen molar-refractivity contribution in [3.05, 3.63) is 77.6 Å². The molecule has 0 bridgehead atoms. The van der Waals surface area contributed by atoms with E-state index in [1.807, 2.05) is 0 Å². The Balaban J connectivity index is 1.76. The lowest BCUT2D eigenvalue weighted by atomic mass is 10.1. The predicted octanol–water partition coefficient (Wildman–Crippen LogP) is 3.82. The Morgan fingerprint density at radius 3 is 2.57 bits per heavy atom. The SMILES string of the molecule is NCc1ccn(-c2cc3c(cc2C(F)(F)F)N=CCN3NC(=O)c2ccccc2)c1. The third-order valence-electron chi connectivity index (χ3n) is 4.72. The number of hydrogen-bond donors (Lipinski definition) is 2. The van der Waals surface area contributed by atoms with Crippen LogP contribution in [0.3, 0.4) is 0 Å². The number of fused-ring (bicyclic) bond motifs is 1. The molecule has 1 amide bonds. The van der Waals surface area contributed by atoms with E-state index in [4.69, 9.17) is 5.73 Å². The second-order valence-electron chi connectivity index (χ2n) is 6.72. The molecule has 0 radical (unpaired) electrons. The van der Waals surface area contributed by atoms with Crippen LogP contribution in [0.25, 0.3) is 5.69 Å². The molecular formula is C21H18F3N5O. The number of rotatable bonds is 4. The van der Waals surface area contributed by atoms with E-state index in [1.54, 1.807) is 42.6 Å². The van der Waals surface area contributed by atoms with E-state index in [0.717, 1.165) is 6.07 Å². The molecule has 0 saturated heterocycles. The number of hydrazine groups is 1. The zero-order valence-corrected chi connectivity index (χ0v) is 15.7. The van der Waals surface area contributed by atoms with Crippen LogP contribution in [0.15, 0.2) is 65.9 Å². The molecule has 0 aliphatic carbocycles. The van der Waals surface area contributed by atoms with Gasteiger partial charge >= 0.3 is 6.18 Å². The van der Waals surface area contributed by atoms with E-state index < -0.39 is 11.7 Å². The van der Waals surface area contributed by atoms with Crippen LogP contribution < -0.4 is 16.2 Å². The summed E-state index contributed by atoms with van der Waals surface area (Å²) in [5.41, 5.74) is 9.07. The molecule has 3 aromatic rings. The van der Waals surface area contributed by atoms with Crippen LogP contribution >= 0.6 is 0 Å². The molecule has 30 heavy (non-hydrogen) atoms. The molecule has 1 aromatic heterocycles.